The third kappa shape index (κ3) is 3.48. The summed E-state index contributed by atoms with van der Waals surface area (Å²) >= 11 is 0. The van der Waals surface area contributed by atoms with Crippen molar-refractivity contribution in [3.8, 4) is 0 Å². The molecule has 1 fully saturated rings. The van der Waals surface area contributed by atoms with E-state index in [9.17, 15) is 0 Å². The Bertz CT molecular complexity index is 391. The summed E-state index contributed by atoms with van der Waals surface area (Å²) in [7, 11) is 1.74. The van der Waals surface area contributed by atoms with Crippen molar-refractivity contribution in [3.05, 3.63) is 11.9 Å². The van der Waals surface area contributed by atoms with E-state index in [4.69, 9.17) is 15.5 Å². The summed E-state index contributed by atoms with van der Waals surface area (Å²) in [6.07, 6.45) is 5.58. The lowest BCUT2D eigenvalue weighted by Gasteiger charge is -2.33. The second kappa shape index (κ2) is 6.91. The third-order valence-corrected chi connectivity index (χ3v) is 3.84. The van der Waals surface area contributed by atoms with Crippen molar-refractivity contribution >= 4 is 5.95 Å². The monoisotopic (exact) mass is 266 g/mol. The molecule has 19 heavy (non-hydrogen) atoms. The molecule has 0 bridgehead atoms. The quantitative estimate of drug-likeness (QED) is 0.842. The molecular formula is C14H26N4O. The fraction of sp³-hybridized carbons (Fsp3) is 0.786. The number of anilines is 1. The second-order valence-corrected chi connectivity index (χ2v) is 5.26. The number of rotatable bonds is 6. The fourth-order valence-electron chi connectivity index (χ4n) is 2.68. The zero-order chi connectivity index (χ0) is 13.7. The van der Waals surface area contributed by atoms with Crippen LogP contribution in [0.2, 0.25) is 0 Å². The number of piperidine rings is 1. The second-order valence-electron chi connectivity index (χ2n) is 5.26. The van der Waals surface area contributed by atoms with Gasteiger partial charge in [-0.3, -0.25) is 0 Å². The molecule has 1 aromatic rings. The van der Waals surface area contributed by atoms with Crippen LogP contribution in [0.25, 0.3) is 0 Å². The van der Waals surface area contributed by atoms with E-state index in [0.717, 1.165) is 50.8 Å². The van der Waals surface area contributed by atoms with Crippen LogP contribution in [-0.4, -0.2) is 42.9 Å². The molecule has 0 amide bonds. The Labute approximate surface area is 115 Å². The van der Waals surface area contributed by atoms with Gasteiger partial charge in [0.2, 0.25) is 5.95 Å². The maximum atomic E-state index is 5.82. The van der Waals surface area contributed by atoms with Crippen molar-refractivity contribution in [1.82, 2.24) is 9.55 Å². The number of ether oxygens (including phenoxy) is 1. The minimum Gasteiger partial charge on any atom is -0.383 e. The number of imidazole rings is 1. The van der Waals surface area contributed by atoms with Crippen LogP contribution in [-0.2, 0) is 17.7 Å². The highest BCUT2D eigenvalue weighted by Gasteiger charge is 2.22. The van der Waals surface area contributed by atoms with Gasteiger partial charge in [-0.1, -0.05) is 6.92 Å². The molecule has 2 heterocycles. The van der Waals surface area contributed by atoms with E-state index < -0.39 is 0 Å². The average Bonchev–Trinajstić information content (AvgIpc) is 2.88. The molecule has 5 heteroatoms. The Morgan fingerprint density at radius 2 is 2.37 bits per heavy atom. The average molecular weight is 266 g/mol. The predicted molar refractivity (Wildman–Crippen MR) is 77.5 cm³/mol. The lowest BCUT2D eigenvalue weighted by atomic mass is 9.99. The first kappa shape index (κ1) is 14.3. The molecule has 2 N–H and O–H groups in total. The SMILES string of the molecule is CCc1cn(CCOC)c(N2CCCC(CN)C2)n1. The van der Waals surface area contributed by atoms with Crippen LogP contribution in [0.3, 0.4) is 0 Å². The topological polar surface area (TPSA) is 56.3 Å². The van der Waals surface area contributed by atoms with Crippen LogP contribution in [0, 0.1) is 5.92 Å². The number of aryl methyl sites for hydroxylation is 1. The number of aromatic nitrogens is 2. The van der Waals surface area contributed by atoms with Crippen LogP contribution < -0.4 is 10.6 Å². The van der Waals surface area contributed by atoms with E-state index in [2.05, 4.69) is 22.6 Å². The van der Waals surface area contributed by atoms with Crippen molar-refractivity contribution in [2.24, 2.45) is 11.7 Å². The molecule has 1 atom stereocenters. The third-order valence-electron chi connectivity index (χ3n) is 3.84. The van der Waals surface area contributed by atoms with E-state index in [1.807, 2.05) is 0 Å². The summed E-state index contributed by atoms with van der Waals surface area (Å²) in [4.78, 5) is 7.15. The maximum absolute atomic E-state index is 5.82. The number of hydrogen-bond acceptors (Lipinski definition) is 4. The van der Waals surface area contributed by atoms with E-state index in [1.165, 1.54) is 12.8 Å². The van der Waals surface area contributed by atoms with Gasteiger partial charge in [-0.15, -0.1) is 0 Å². The summed E-state index contributed by atoms with van der Waals surface area (Å²) in [5, 5.41) is 0. The van der Waals surface area contributed by atoms with Gasteiger partial charge < -0.3 is 19.9 Å². The predicted octanol–water partition coefficient (Wildman–Crippen LogP) is 1.27. The Morgan fingerprint density at radius 3 is 3.05 bits per heavy atom. The molecule has 0 radical (unpaired) electrons. The minimum absolute atomic E-state index is 0.603. The first-order chi connectivity index (χ1) is 9.28. The van der Waals surface area contributed by atoms with Crippen molar-refractivity contribution in [2.45, 2.75) is 32.7 Å². The highest BCUT2D eigenvalue weighted by molar-refractivity contribution is 5.34. The van der Waals surface area contributed by atoms with Gasteiger partial charge in [-0.25, -0.2) is 4.98 Å². The molecule has 2 rings (SSSR count). The first-order valence-electron chi connectivity index (χ1n) is 7.28. The Kier molecular flexibility index (Phi) is 5.22. The van der Waals surface area contributed by atoms with Crippen LogP contribution in [0.5, 0.6) is 0 Å². The molecule has 1 unspecified atom stereocenters. The van der Waals surface area contributed by atoms with Crippen molar-refractivity contribution in [1.29, 1.82) is 0 Å². The lowest BCUT2D eigenvalue weighted by molar-refractivity contribution is 0.187. The Balaban J connectivity index is 2.14. The molecule has 1 aliphatic heterocycles. The number of nitrogens with zero attached hydrogens (tertiary/aromatic N) is 3. The largest absolute Gasteiger partial charge is 0.383 e. The van der Waals surface area contributed by atoms with Crippen LogP contribution >= 0.6 is 0 Å². The van der Waals surface area contributed by atoms with Gasteiger partial charge in [0.25, 0.3) is 0 Å². The zero-order valence-corrected chi connectivity index (χ0v) is 12.1. The first-order valence-corrected chi connectivity index (χ1v) is 7.28. The van der Waals surface area contributed by atoms with Crippen LogP contribution in [0.1, 0.15) is 25.5 Å². The number of hydrogen-bond donors (Lipinski definition) is 1. The van der Waals surface area contributed by atoms with Gasteiger partial charge in [0.15, 0.2) is 0 Å². The summed E-state index contributed by atoms with van der Waals surface area (Å²) in [5.74, 6) is 1.69. The standard InChI is InChI=1S/C14H26N4O/c1-3-13-11-18(7-8-19-2)14(16-13)17-6-4-5-12(9-15)10-17/h11-12H,3-10,15H2,1-2H3. The highest BCUT2D eigenvalue weighted by atomic mass is 16.5. The molecule has 108 valence electrons. The Morgan fingerprint density at radius 1 is 1.53 bits per heavy atom. The molecule has 0 aliphatic carbocycles. The maximum Gasteiger partial charge on any atom is 0.205 e. The van der Waals surface area contributed by atoms with Gasteiger partial charge in [0.05, 0.1) is 12.3 Å². The molecular weight excluding hydrogens is 240 g/mol. The van der Waals surface area contributed by atoms with E-state index in [1.54, 1.807) is 7.11 Å². The van der Waals surface area contributed by atoms with Crippen LogP contribution in [0.4, 0.5) is 5.95 Å². The van der Waals surface area contributed by atoms with Crippen molar-refractivity contribution in [3.63, 3.8) is 0 Å². The zero-order valence-electron chi connectivity index (χ0n) is 12.1. The van der Waals surface area contributed by atoms with E-state index >= 15 is 0 Å². The fourth-order valence-corrected chi connectivity index (χ4v) is 2.68. The van der Waals surface area contributed by atoms with E-state index in [-0.39, 0.29) is 0 Å². The van der Waals surface area contributed by atoms with E-state index in [0.29, 0.717) is 5.92 Å². The summed E-state index contributed by atoms with van der Waals surface area (Å²) in [6.45, 7) is 6.62. The van der Waals surface area contributed by atoms with Crippen molar-refractivity contribution < 1.29 is 4.74 Å². The number of nitrogens with two attached hydrogens (primary N) is 1. The summed E-state index contributed by atoms with van der Waals surface area (Å²) in [6, 6.07) is 0. The molecule has 0 saturated carbocycles. The molecule has 1 aliphatic rings. The Hall–Kier alpha value is -1.07. The summed E-state index contributed by atoms with van der Waals surface area (Å²) < 4.78 is 7.41. The minimum atomic E-state index is 0.603. The summed E-state index contributed by atoms with van der Waals surface area (Å²) in [5.41, 5.74) is 6.97. The van der Waals surface area contributed by atoms with Gasteiger partial charge in [-0.2, -0.15) is 0 Å². The highest BCUT2D eigenvalue weighted by Crippen LogP contribution is 2.22. The smallest absolute Gasteiger partial charge is 0.205 e. The van der Waals surface area contributed by atoms with Gasteiger partial charge in [0, 0.05) is 32.9 Å². The van der Waals surface area contributed by atoms with Crippen LogP contribution in [0.15, 0.2) is 6.20 Å². The van der Waals surface area contributed by atoms with Gasteiger partial charge >= 0.3 is 0 Å². The molecule has 1 saturated heterocycles. The normalized spacial score (nSPS) is 19.9. The lowest BCUT2D eigenvalue weighted by Crippen LogP contribution is -2.39. The molecule has 0 aromatic carbocycles. The number of methoxy groups -OCH3 is 1. The van der Waals surface area contributed by atoms with Gasteiger partial charge in [-0.05, 0) is 31.7 Å². The molecule has 1 aromatic heterocycles. The molecule has 0 spiro atoms. The van der Waals surface area contributed by atoms with Crippen molar-refractivity contribution in [2.75, 3.05) is 38.3 Å². The van der Waals surface area contributed by atoms with Gasteiger partial charge in [0.1, 0.15) is 0 Å². The molecule has 5 nitrogen and oxygen atoms in total.